The fourth-order valence-electron chi connectivity index (χ4n) is 3.12. The second kappa shape index (κ2) is 8.16. The van der Waals surface area contributed by atoms with Crippen molar-refractivity contribution in [3.8, 4) is 11.8 Å². The number of aliphatic hydroxyl groups is 1. The van der Waals surface area contributed by atoms with Crippen molar-refractivity contribution in [2.24, 2.45) is 0 Å². The van der Waals surface area contributed by atoms with E-state index in [1.54, 1.807) is 36.4 Å². The predicted octanol–water partition coefficient (Wildman–Crippen LogP) is 3.65. The topological polar surface area (TPSA) is 49.3 Å². The zero-order valence-corrected chi connectivity index (χ0v) is 14.6. The highest BCUT2D eigenvalue weighted by Crippen LogP contribution is 2.27. The summed E-state index contributed by atoms with van der Waals surface area (Å²) in [7, 11) is 0. The van der Waals surface area contributed by atoms with E-state index in [1.165, 1.54) is 12.1 Å². The van der Waals surface area contributed by atoms with Crippen LogP contribution in [0.5, 0.6) is 0 Å². The number of hydrogen-bond donors (Lipinski definition) is 2. The van der Waals surface area contributed by atoms with E-state index in [9.17, 15) is 14.3 Å². The molecule has 1 aliphatic rings. The molecular formula is C22H22FNO2. The molecule has 134 valence electrons. The van der Waals surface area contributed by atoms with E-state index in [-0.39, 0.29) is 18.3 Å². The van der Waals surface area contributed by atoms with Gasteiger partial charge in [0.15, 0.2) is 0 Å². The van der Waals surface area contributed by atoms with E-state index in [4.69, 9.17) is 0 Å². The molecule has 2 aromatic rings. The fourth-order valence-corrected chi connectivity index (χ4v) is 3.12. The molecule has 1 amide bonds. The van der Waals surface area contributed by atoms with E-state index in [0.29, 0.717) is 5.56 Å². The van der Waals surface area contributed by atoms with Gasteiger partial charge in [0.05, 0.1) is 5.60 Å². The van der Waals surface area contributed by atoms with Gasteiger partial charge in [-0.2, -0.15) is 0 Å². The van der Waals surface area contributed by atoms with Crippen molar-refractivity contribution < 1.29 is 14.3 Å². The highest BCUT2D eigenvalue weighted by Gasteiger charge is 2.29. The molecule has 2 aromatic carbocycles. The Morgan fingerprint density at radius 3 is 2.08 bits per heavy atom. The van der Waals surface area contributed by atoms with Crippen LogP contribution < -0.4 is 5.32 Å². The Morgan fingerprint density at radius 1 is 0.962 bits per heavy atom. The molecule has 3 rings (SSSR count). The first kappa shape index (κ1) is 18.2. The number of halogens is 1. The Bertz CT molecular complexity index is 810. The molecule has 1 saturated carbocycles. The molecule has 2 N–H and O–H groups in total. The van der Waals surface area contributed by atoms with Crippen molar-refractivity contribution in [1.29, 1.82) is 0 Å². The Labute approximate surface area is 153 Å². The highest BCUT2D eigenvalue weighted by atomic mass is 19.1. The summed E-state index contributed by atoms with van der Waals surface area (Å²) in [5, 5.41) is 13.3. The molecule has 0 saturated heterocycles. The van der Waals surface area contributed by atoms with Crippen molar-refractivity contribution in [1.82, 2.24) is 5.32 Å². The average Bonchev–Trinajstić information content (AvgIpc) is 2.67. The molecular weight excluding hydrogens is 329 g/mol. The van der Waals surface area contributed by atoms with Crippen LogP contribution in [0.25, 0.3) is 0 Å². The Morgan fingerprint density at radius 2 is 1.50 bits per heavy atom. The van der Waals surface area contributed by atoms with Gasteiger partial charge in [-0.15, -0.1) is 0 Å². The molecule has 1 aliphatic carbocycles. The van der Waals surface area contributed by atoms with Gasteiger partial charge in [0, 0.05) is 23.2 Å². The molecule has 3 nitrogen and oxygen atoms in total. The monoisotopic (exact) mass is 351 g/mol. The van der Waals surface area contributed by atoms with Crippen LogP contribution in [0.3, 0.4) is 0 Å². The van der Waals surface area contributed by atoms with E-state index in [2.05, 4.69) is 17.2 Å². The molecule has 0 heterocycles. The van der Waals surface area contributed by atoms with Crippen molar-refractivity contribution in [3.05, 3.63) is 71.0 Å². The second-order valence-corrected chi connectivity index (χ2v) is 6.80. The Balaban J connectivity index is 1.58. The number of benzene rings is 2. The second-order valence-electron chi connectivity index (χ2n) is 6.80. The van der Waals surface area contributed by atoms with Crippen LogP contribution in [0.4, 0.5) is 4.39 Å². The van der Waals surface area contributed by atoms with Crippen molar-refractivity contribution >= 4 is 5.91 Å². The summed E-state index contributed by atoms with van der Waals surface area (Å²) in [5.41, 5.74) is 1.27. The van der Waals surface area contributed by atoms with Crippen molar-refractivity contribution in [2.75, 3.05) is 6.54 Å². The van der Waals surface area contributed by atoms with Crippen LogP contribution in [0.2, 0.25) is 0 Å². The molecule has 0 aromatic heterocycles. The summed E-state index contributed by atoms with van der Waals surface area (Å²) < 4.78 is 12.9. The minimum absolute atomic E-state index is 0.193. The molecule has 26 heavy (non-hydrogen) atoms. The van der Waals surface area contributed by atoms with Crippen LogP contribution in [-0.2, 0) is 0 Å². The minimum atomic E-state index is -0.769. The van der Waals surface area contributed by atoms with Crippen molar-refractivity contribution in [3.63, 3.8) is 0 Å². The van der Waals surface area contributed by atoms with E-state index >= 15 is 0 Å². The number of amides is 1. The summed E-state index contributed by atoms with van der Waals surface area (Å²) in [6.45, 7) is 0.290. The maximum atomic E-state index is 12.9. The van der Waals surface area contributed by atoms with Gasteiger partial charge < -0.3 is 10.4 Å². The van der Waals surface area contributed by atoms with E-state index < -0.39 is 5.60 Å². The highest BCUT2D eigenvalue weighted by molar-refractivity contribution is 5.94. The smallest absolute Gasteiger partial charge is 0.251 e. The maximum Gasteiger partial charge on any atom is 0.251 e. The molecule has 0 aliphatic heterocycles. The first-order chi connectivity index (χ1) is 12.5. The van der Waals surface area contributed by atoms with Crippen LogP contribution in [-0.4, -0.2) is 23.2 Å². The van der Waals surface area contributed by atoms with Gasteiger partial charge in [-0.3, -0.25) is 4.79 Å². The first-order valence-corrected chi connectivity index (χ1v) is 8.92. The lowest BCUT2D eigenvalue weighted by molar-refractivity contribution is 0.00525. The molecule has 1 fully saturated rings. The summed E-state index contributed by atoms with van der Waals surface area (Å²) in [5.74, 6) is 5.47. The largest absolute Gasteiger partial charge is 0.388 e. The first-order valence-electron chi connectivity index (χ1n) is 8.92. The summed E-state index contributed by atoms with van der Waals surface area (Å²) in [4.78, 5) is 12.3. The standard InChI is InChI=1S/C22H22FNO2/c23-20-12-8-18(9-13-20)5-4-17-6-10-19(11-7-17)21(25)24-16-22(26)14-2-1-3-15-22/h6-13,26H,1-3,14-16H2,(H,24,25). The molecule has 0 spiro atoms. The van der Waals surface area contributed by atoms with Gasteiger partial charge >= 0.3 is 0 Å². The molecule has 0 bridgehead atoms. The Hall–Kier alpha value is -2.64. The van der Waals surface area contributed by atoms with Gasteiger partial charge in [-0.25, -0.2) is 4.39 Å². The summed E-state index contributed by atoms with van der Waals surface area (Å²) in [6.07, 6.45) is 4.65. The third-order valence-corrected chi connectivity index (χ3v) is 4.70. The quantitative estimate of drug-likeness (QED) is 0.830. The summed E-state index contributed by atoms with van der Waals surface area (Å²) in [6, 6.07) is 13.0. The fraction of sp³-hybridized carbons (Fsp3) is 0.318. The third-order valence-electron chi connectivity index (χ3n) is 4.70. The molecule has 0 radical (unpaired) electrons. The van der Waals surface area contributed by atoms with Gasteiger partial charge in [0.2, 0.25) is 0 Å². The number of nitrogens with one attached hydrogen (secondary N) is 1. The summed E-state index contributed by atoms with van der Waals surface area (Å²) >= 11 is 0. The van der Waals surface area contributed by atoms with Crippen LogP contribution in [0.1, 0.15) is 53.6 Å². The maximum absolute atomic E-state index is 12.9. The zero-order chi connectivity index (χ0) is 18.4. The minimum Gasteiger partial charge on any atom is -0.388 e. The van der Waals surface area contributed by atoms with E-state index in [1.807, 2.05) is 0 Å². The van der Waals surface area contributed by atoms with Crippen LogP contribution in [0, 0.1) is 17.7 Å². The van der Waals surface area contributed by atoms with Gasteiger partial charge in [0.1, 0.15) is 5.82 Å². The van der Waals surface area contributed by atoms with Crippen LogP contribution >= 0.6 is 0 Å². The number of carbonyl (C=O) groups is 1. The Kier molecular flexibility index (Phi) is 5.70. The molecule has 0 unspecified atom stereocenters. The average molecular weight is 351 g/mol. The molecule has 0 atom stereocenters. The van der Waals surface area contributed by atoms with E-state index in [0.717, 1.165) is 43.2 Å². The van der Waals surface area contributed by atoms with Gasteiger partial charge in [-0.05, 0) is 61.4 Å². The SMILES string of the molecule is O=C(NCC1(O)CCCCC1)c1ccc(C#Cc2ccc(F)cc2)cc1. The lowest BCUT2D eigenvalue weighted by Gasteiger charge is -2.32. The number of rotatable bonds is 3. The number of hydrogen-bond acceptors (Lipinski definition) is 2. The predicted molar refractivity (Wildman–Crippen MR) is 99.2 cm³/mol. The van der Waals surface area contributed by atoms with Crippen LogP contribution in [0.15, 0.2) is 48.5 Å². The molecule has 4 heteroatoms. The zero-order valence-electron chi connectivity index (χ0n) is 14.6. The van der Waals surface area contributed by atoms with Gasteiger partial charge in [0.25, 0.3) is 5.91 Å². The van der Waals surface area contributed by atoms with Gasteiger partial charge in [-0.1, -0.05) is 31.1 Å². The lowest BCUT2D eigenvalue weighted by Crippen LogP contribution is -2.44. The normalized spacial score (nSPS) is 15.6. The van der Waals surface area contributed by atoms with Crippen molar-refractivity contribution in [2.45, 2.75) is 37.7 Å². The third kappa shape index (κ3) is 4.93. The lowest BCUT2D eigenvalue weighted by atomic mass is 9.85. The number of carbonyl (C=O) groups excluding carboxylic acids is 1.